The molecule has 0 aromatic heterocycles. The number of anilines is 1. The van der Waals surface area contributed by atoms with Crippen LogP contribution >= 0.6 is 11.6 Å². The van der Waals surface area contributed by atoms with Crippen LogP contribution in [0.15, 0.2) is 72.8 Å². The first-order chi connectivity index (χ1) is 11.1. The number of hydrogen-bond acceptors (Lipinski definition) is 1. The average Bonchev–Trinajstić information content (AvgIpc) is 2.59. The summed E-state index contributed by atoms with van der Waals surface area (Å²) in [6.45, 7) is 1.93. The summed E-state index contributed by atoms with van der Waals surface area (Å²) < 4.78 is 0. The third-order valence-corrected chi connectivity index (χ3v) is 4.09. The molecule has 0 unspecified atom stereocenters. The molecular formula is C20H16ClNO. The summed E-state index contributed by atoms with van der Waals surface area (Å²) in [5.74, 6) is -0.149. The van der Waals surface area contributed by atoms with Crippen molar-refractivity contribution in [3.05, 3.63) is 88.9 Å². The minimum absolute atomic E-state index is 0.149. The number of carbonyl (C=O) groups is 1. The molecule has 2 nitrogen and oxygen atoms in total. The predicted octanol–water partition coefficient (Wildman–Crippen LogP) is 5.57. The second-order valence-corrected chi connectivity index (χ2v) is 5.74. The molecular weight excluding hydrogens is 306 g/mol. The topological polar surface area (TPSA) is 29.1 Å². The lowest BCUT2D eigenvalue weighted by Gasteiger charge is -2.11. The molecule has 1 amide bonds. The normalized spacial score (nSPS) is 10.3. The first-order valence-electron chi connectivity index (χ1n) is 7.37. The van der Waals surface area contributed by atoms with Gasteiger partial charge in [-0.1, -0.05) is 66.2 Å². The number of halogens is 1. The molecule has 3 aromatic rings. The molecule has 3 heteroatoms. The highest BCUT2D eigenvalue weighted by molar-refractivity contribution is 6.31. The van der Waals surface area contributed by atoms with E-state index in [1.165, 1.54) is 0 Å². The van der Waals surface area contributed by atoms with Crippen molar-refractivity contribution >= 4 is 23.2 Å². The van der Waals surface area contributed by atoms with Gasteiger partial charge in [0.2, 0.25) is 0 Å². The molecule has 114 valence electrons. The van der Waals surface area contributed by atoms with E-state index in [9.17, 15) is 4.79 Å². The van der Waals surface area contributed by atoms with Crippen molar-refractivity contribution in [1.29, 1.82) is 0 Å². The third-order valence-electron chi connectivity index (χ3n) is 3.69. The van der Waals surface area contributed by atoms with Crippen LogP contribution in [0, 0.1) is 6.92 Å². The molecule has 0 saturated heterocycles. The van der Waals surface area contributed by atoms with E-state index in [2.05, 4.69) is 5.32 Å². The van der Waals surface area contributed by atoms with Gasteiger partial charge in [-0.25, -0.2) is 0 Å². The number of carbonyl (C=O) groups excluding carboxylic acids is 1. The van der Waals surface area contributed by atoms with E-state index < -0.39 is 0 Å². The second kappa shape index (κ2) is 6.67. The smallest absolute Gasteiger partial charge is 0.256 e. The Morgan fingerprint density at radius 3 is 2.35 bits per heavy atom. The molecule has 0 aliphatic rings. The highest BCUT2D eigenvalue weighted by Gasteiger charge is 2.12. The summed E-state index contributed by atoms with van der Waals surface area (Å²) in [4.78, 5) is 12.7. The SMILES string of the molecule is Cc1ccc(NC(=O)c2ccccc2-c2ccccc2)cc1Cl. The minimum Gasteiger partial charge on any atom is -0.322 e. The molecule has 3 rings (SSSR count). The standard InChI is InChI=1S/C20H16ClNO/c1-14-11-12-16(13-19(14)21)22-20(23)18-10-6-5-9-17(18)15-7-3-2-4-8-15/h2-13H,1H3,(H,22,23). The van der Waals surface area contributed by atoms with Crippen molar-refractivity contribution in [1.82, 2.24) is 0 Å². The first kappa shape index (κ1) is 15.3. The molecule has 0 saturated carbocycles. The molecule has 0 atom stereocenters. The van der Waals surface area contributed by atoms with Gasteiger partial charge in [0, 0.05) is 16.3 Å². The summed E-state index contributed by atoms with van der Waals surface area (Å²) in [6, 6.07) is 23.0. The largest absolute Gasteiger partial charge is 0.322 e. The quantitative estimate of drug-likeness (QED) is 0.671. The third kappa shape index (κ3) is 3.43. The van der Waals surface area contributed by atoms with E-state index in [4.69, 9.17) is 11.6 Å². The van der Waals surface area contributed by atoms with Crippen LogP contribution in [0.1, 0.15) is 15.9 Å². The Hall–Kier alpha value is -2.58. The van der Waals surface area contributed by atoms with Gasteiger partial charge in [-0.05, 0) is 41.8 Å². The molecule has 23 heavy (non-hydrogen) atoms. The van der Waals surface area contributed by atoms with Gasteiger partial charge >= 0.3 is 0 Å². The van der Waals surface area contributed by atoms with Crippen LogP contribution in [0.3, 0.4) is 0 Å². The van der Waals surface area contributed by atoms with Crippen molar-refractivity contribution in [2.24, 2.45) is 0 Å². The van der Waals surface area contributed by atoms with Gasteiger partial charge in [0.1, 0.15) is 0 Å². The van der Waals surface area contributed by atoms with Gasteiger partial charge in [-0.3, -0.25) is 4.79 Å². The van der Waals surface area contributed by atoms with Gasteiger partial charge in [0.15, 0.2) is 0 Å². The molecule has 0 bridgehead atoms. The molecule has 0 heterocycles. The summed E-state index contributed by atoms with van der Waals surface area (Å²) in [5.41, 5.74) is 4.22. The lowest BCUT2D eigenvalue weighted by molar-refractivity contribution is 0.102. The number of rotatable bonds is 3. The van der Waals surface area contributed by atoms with Crippen LogP contribution < -0.4 is 5.32 Å². The number of benzene rings is 3. The first-order valence-corrected chi connectivity index (χ1v) is 7.75. The van der Waals surface area contributed by atoms with Crippen LogP contribution in [-0.4, -0.2) is 5.91 Å². The maximum absolute atomic E-state index is 12.7. The maximum atomic E-state index is 12.7. The average molecular weight is 322 g/mol. The Kier molecular flexibility index (Phi) is 4.45. The van der Waals surface area contributed by atoms with E-state index in [-0.39, 0.29) is 5.91 Å². The summed E-state index contributed by atoms with van der Waals surface area (Å²) >= 11 is 6.12. The van der Waals surface area contributed by atoms with Crippen molar-refractivity contribution < 1.29 is 4.79 Å². The summed E-state index contributed by atoms with van der Waals surface area (Å²) in [5, 5.41) is 3.55. The fourth-order valence-corrected chi connectivity index (χ4v) is 2.60. The zero-order valence-corrected chi connectivity index (χ0v) is 13.5. The molecule has 0 fully saturated rings. The highest BCUT2D eigenvalue weighted by Crippen LogP contribution is 2.25. The van der Waals surface area contributed by atoms with Crippen LogP contribution in [0.2, 0.25) is 5.02 Å². The molecule has 1 N–H and O–H groups in total. The number of aryl methyl sites for hydroxylation is 1. The molecule has 0 aliphatic carbocycles. The van der Waals surface area contributed by atoms with Crippen LogP contribution in [0.4, 0.5) is 5.69 Å². The van der Waals surface area contributed by atoms with E-state index in [1.54, 1.807) is 6.07 Å². The second-order valence-electron chi connectivity index (χ2n) is 5.33. The van der Waals surface area contributed by atoms with Crippen LogP contribution in [0.5, 0.6) is 0 Å². The molecule has 0 aliphatic heterocycles. The zero-order chi connectivity index (χ0) is 16.2. The van der Waals surface area contributed by atoms with E-state index in [1.807, 2.05) is 73.7 Å². The number of amides is 1. The summed E-state index contributed by atoms with van der Waals surface area (Å²) in [6.07, 6.45) is 0. The Balaban J connectivity index is 1.92. The lowest BCUT2D eigenvalue weighted by atomic mass is 9.99. The number of nitrogens with one attached hydrogen (secondary N) is 1. The fraction of sp³-hybridized carbons (Fsp3) is 0.0500. The van der Waals surface area contributed by atoms with Crippen molar-refractivity contribution in [3.63, 3.8) is 0 Å². The van der Waals surface area contributed by atoms with Crippen LogP contribution in [0.25, 0.3) is 11.1 Å². The monoisotopic (exact) mass is 321 g/mol. The van der Waals surface area contributed by atoms with Gasteiger partial charge < -0.3 is 5.32 Å². The van der Waals surface area contributed by atoms with Gasteiger partial charge in [-0.2, -0.15) is 0 Å². The van der Waals surface area contributed by atoms with Crippen LogP contribution in [-0.2, 0) is 0 Å². The van der Waals surface area contributed by atoms with E-state index in [0.717, 1.165) is 16.7 Å². The Labute approximate surface area is 140 Å². The van der Waals surface area contributed by atoms with Crippen molar-refractivity contribution in [2.75, 3.05) is 5.32 Å². The number of hydrogen-bond donors (Lipinski definition) is 1. The Morgan fingerprint density at radius 2 is 1.61 bits per heavy atom. The molecule has 0 spiro atoms. The summed E-state index contributed by atoms with van der Waals surface area (Å²) in [7, 11) is 0. The predicted molar refractivity (Wildman–Crippen MR) is 96.0 cm³/mol. The van der Waals surface area contributed by atoms with E-state index >= 15 is 0 Å². The fourth-order valence-electron chi connectivity index (χ4n) is 2.42. The van der Waals surface area contributed by atoms with Gasteiger partial charge in [0.25, 0.3) is 5.91 Å². The highest BCUT2D eigenvalue weighted by atomic mass is 35.5. The molecule has 0 radical (unpaired) electrons. The minimum atomic E-state index is -0.149. The van der Waals surface area contributed by atoms with Crippen molar-refractivity contribution in [3.8, 4) is 11.1 Å². The lowest BCUT2D eigenvalue weighted by Crippen LogP contribution is -2.13. The Bertz CT molecular complexity index is 843. The van der Waals surface area contributed by atoms with E-state index in [0.29, 0.717) is 16.3 Å². The van der Waals surface area contributed by atoms with Gasteiger partial charge in [-0.15, -0.1) is 0 Å². The zero-order valence-electron chi connectivity index (χ0n) is 12.7. The Morgan fingerprint density at radius 1 is 0.913 bits per heavy atom. The van der Waals surface area contributed by atoms with Crippen molar-refractivity contribution in [2.45, 2.75) is 6.92 Å². The maximum Gasteiger partial charge on any atom is 0.256 e. The van der Waals surface area contributed by atoms with Gasteiger partial charge in [0.05, 0.1) is 0 Å². The molecule has 3 aromatic carbocycles.